The lowest BCUT2D eigenvalue weighted by Crippen LogP contribution is -2.23. The maximum absolute atomic E-state index is 12.8. The third kappa shape index (κ3) is 2.11. The molecule has 24 heavy (non-hydrogen) atoms. The second-order valence-corrected chi connectivity index (χ2v) is 5.87. The first-order valence-electron chi connectivity index (χ1n) is 7.15. The molecule has 0 fully saturated rings. The molecule has 118 valence electrons. The van der Waals surface area contributed by atoms with Crippen LogP contribution < -0.4 is 0 Å². The number of phenols is 1. The van der Waals surface area contributed by atoms with E-state index in [0.717, 1.165) is 5.56 Å². The first kappa shape index (κ1) is 14.6. The molecule has 1 aromatic heterocycles. The maximum Gasteiger partial charge on any atom is 0.220 e. The Labute approximate surface area is 141 Å². The number of carbonyl (C=O) groups excluding carboxylic acids is 2. The van der Waals surface area contributed by atoms with Gasteiger partial charge in [0.15, 0.2) is 5.69 Å². The summed E-state index contributed by atoms with van der Waals surface area (Å²) in [6, 6.07) is 11.5. The largest absolute Gasteiger partial charge is 0.507 e. The average molecular weight is 340 g/mol. The summed E-state index contributed by atoms with van der Waals surface area (Å²) >= 11 is 5.97. The molecule has 1 aliphatic rings. The van der Waals surface area contributed by atoms with Gasteiger partial charge in [0.2, 0.25) is 11.6 Å². The molecule has 0 radical (unpaired) electrons. The van der Waals surface area contributed by atoms with E-state index < -0.39 is 5.78 Å². The van der Waals surface area contributed by atoms with Gasteiger partial charge in [0.1, 0.15) is 11.4 Å². The lowest BCUT2D eigenvalue weighted by atomic mass is 9.89. The molecular formula is C17H10ClN3O3. The van der Waals surface area contributed by atoms with Crippen LogP contribution in [0, 0.1) is 0 Å². The Bertz CT molecular complexity index is 1010. The molecule has 1 heterocycles. The van der Waals surface area contributed by atoms with Crippen molar-refractivity contribution in [2.75, 3.05) is 0 Å². The number of rotatable bonds is 2. The zero-order valence-electron chi connectivity index (χ0n) is 12.2. The Kier molecular flexibility index (Phi) is 3.21. The van der Waals surface area contributed by atoms with E-state index in [-0.39, 0.29) is 40.6 Å². The second kappa shape index (κ2) is 5.28. The zero-order valence-corrected chi connectivity index (χ0v) is 13.0. The van der Waals surface area contributed by atoms with Crippen molar-refractivity contribution >= 4 is 23.2 Å². The maximum atomic E-state index is 12.8. The normalized spacial score (nSPS) is 12.9. The average Bonchev–Trinajstić information content (AvgIpc) is 2.96. The predicted molar refractivity (Wildman–Crippen MR) is 85.5 cm³/mol. The fourth-order valence-corrected chi connectivity index (χ4v) is 3.04. The van der Waals surface area contributed by atoms with Crippen LogP contribution >= 0.6 is 11.6 Å². The van der Waals surface area contributed by atoms with Crippen LogP contribution in [0.5, 0.6) is 5.75 Å². The van der Waals surface area contributed by atoms with Gasteiger partial charge in [0.25, 0.3) is 0 Å². The molecule has 7 heteroatoms. The van der Waals surface area contributed by atoms with Crippen LogP contribution in [0.25, 0.3) is 0 Å². The molecule has 0 amide bonds. The van der Waals surface area contributed by atoms with Crippen molar-refractivity contribution in [3.05, 3.63) is 75.6 Å². The number of aromatic nitrogens is 3. The number of nitrogens with zero attached hydrogens (tertiary/aromatic N) is 3. The summed E-state index contributed by atoms with van der Waals surface area (Å²) in [6.07, 6.45) is 0. The summed E-state index contributed by atoms with van der Waals surface area (Å²) < 4.78 is 1.38. The molecule has 3 aromatic rings. The number of benzene rings is 2. The quantitative estimate of drug-likeness (QED) is 0.606. The fraction of sp³-hybridized carbons (Fsp3) is 0.0588. The second-order valence-electron chi connectivity index (χ2n) is 5.43. The van der Waals surface area contributed by atoms with Crippen LogP contribution in [-0.2, 0) is 6.54 Å². The summed E-state index contributed by atoms with van der Waals surface area (Å²) in [5, 5.41) is 18.3. The van der Waals surface area contributed by atoms with Crippen molar-refractivity contribution in [1.29, 1.82) is 0 Å². The van der Waals surface area contributed by atoms with E-state index in [0.29, 0.717) is 5.02 Å². The highest BCUT2D eigenvalue weighted by molar-refractivity contribution is 6.30. The summed E-state index contributed by atoms with van der Waals surface area (Å²) in [7, 11) is 0. The van der Waals surface area contributed by atoms with Gasteiger partial charge in [-0.15, -0.1) is 5.10 Å². The minimum Gasteiger partial charge on any atom is -0.507 e. The predicted octanol–water partition coefficient (Wildman–Crippen LogP) is 2.46. The van der Waals surface area contributed by atoms with Crippen molar-refractivity contribution in [2.45, 2.75) is 6.54 Å². The lowest BCUT2D eigenvalue weighted by Gasteiger charge is -2.15. The van der Waals surface area contributed by atoms with Gasteiger partial charge in [0.05, 0.1) is 12.1 Å². The van der Waals surface area contributed by atoms with Crippen LogP contribution in [0.2, 0.25) is 5.02 Å². The van der Waals surface area contributed by atoms with Crippen molar-refractivity contribution in [1.82, 2.24) is 15.0 Å². The number of fused-ring (bicyclic) bond motifs is 2. The van der Waals surface area contributed by atoms with Crippen LogP contribution in [-0.4, -0.2) is 31.7 Å². The van der Waals surface area contributed by atoms with Gasteiger partial charge in [-0.05, 0) is 29.8 Å². The van der Waals surface area contributed by atoms with Gasteiger partial charge in [-0.25, -0.2) is 4.68 Å². The first-order valence-corrected chi connectivity index (χ1v) is 7.53. The van der Waals surface area contributed by atoms with E-state index in [1.54, 1.807) is 18.2 Å². The van der Waals surface area contributed by atoms with Crippen LogP contribution in [0.4, 0.5) is 0 Å². The Morgan fingerprint density at radius 1 is 1.08 bits per heavy atom. The van der Waals surface area contributed by atoms with Gasteiger partial charge < -0.3 is 5.11 Å². The smallest absolute Gasteiger partial charge is 0.220 e. The van der Waals surface area contributed by atoms with Crippen LogP contribution in [0.1, 0.15) is 37.7 Å². The Balaban J connectivity index is 1.82. The number of hydrogen-bond acceptors (Lipinski definition) is 5. The van der Waals surface area contributed by atoms with Crippen LogP contribution in [0.3, 0.4) is 0 Å². The molecule has 1 aliphatic carbocycles. The van der Waals surface area contributed by atoms with E-state index >= 15 is 0 Å². The number of halogens is 1. The number of aromatic hydroxyl groups is 1. The number of hydrogen-bond donors (Lipinski definition) is 1. The molecule has 6 nitrogen and oxygen atoms in total. The van der Waals surface area contributed by atoms with Gasteiger partial charge >= 0.3 is 0 Å². The SMILES string of the molecule is O=C1c2nnn(Cc3cccc(Cl)c3)c2C(=O)c2cccc(O)c21. The van der Waals surface area contributed by atoms with Crippen molar-refractivity contribution in [3.8, 4) is 5.75 Å². The van der Waals surface area contributed by atoms with Gasteiger partial charge in [-0.2, -0.15) is 0 Å². The molecule has 0 spiro atoms. The summed E-state index contributed by atoms with van der Waals surface area (Å²) in [4.78, 5) is 25.3. The molecule has 0 bridgehead atoms. The van der Waals surface area contributed by atoms with E-state index in [1.807, 2.05) is 6.07 Å². The van der Waals surface area contributed by atoms with Crippen molar-refractivity contribution < 1.29 is 14.7 Å². The number of phenolic OH excluding ortho intramolecular Hbond substituents is 1. The van der Waals surface area contributed by atoms with Crippen molar-refractivity contribution in [3.63, 3.8) is 0 Å². The highest BCUT2D eigenvalue weighted by atomic mass is 35.5. The summed E-state index contributed by atoms with van der Waals surface area (Å²) in [5.74, 6) is -1.13. The molecular weight excluding hydrogens is 330 g/mol. The van der Waals surface area contributed by atoms with Gasteiger partial charge in [-0.3, -0.25) is 9.59 Å². The van der Waals surface area contributed by atoms with Gasteiger partial charge in [-0.1, -0.05) is 35.0 Å². The first-order chi connectivity index (χ1) is 11.6. The third-order valence-corrected chi connectivity index (χ3v) is 4.14. The minimum atomic E-state index is -0.505. The number of ketones is 2. The molecule has 2 aromatic carbocycles. The fourth-order valence-electron chi connectivity index (χ4n) is 2.82. The van der Waals surface area contributed by atoms with E-state index in [1.165, 1.54) is 22.9 Å². The Morgan fingerprint density at radius 2 is 1.88 bits per heavy atom. The minimum absolute atomic E-state index is 0.0233. The molecule has 0 saturated heterocycles. The monoisotopic (exact) mass is 339 g/mol. The number of carbonyl (C=O) groups is 2. The molecule has 0 aliphatic heterocycles. The molecule has 1 N–H and O–H groups in total. The Morgan fingerprint density at radius 3 is 2.67 bits per heavy atom. The zero-order chi connectivity index (χ0) is 16.8. The van der Waals surface area contributed by atoms with E-state index in [9.17, 15) is 14.7 Å². The molecule has 0 unspecified atom stereocenters. The topological polar surface area (TPSA) is 85.1 Å². The standard InChI is InChI=1S/C17H10ClN3O3/c18-10-4-1-3-9(7-10)8-21-15-14(19-20-21)17(24)13-11(16(15)23)5-2-6-12(13)22/h1-7,22H,8H2. The highest BCUT2D eigenvalue weighted by Crippen LogP contribution is 2.31. The van der Waals surface area contributed by atoms with Crippen molar-refractivity contribution in [2.24, 2.45) is 0 Å². The highest BCUT2D eigenvalue weighted by Gasteiger charge is 2.36. The Hall–Kier alpha value is -2.99. The third-order valence-electron chi connectivity index (χ3n) is 3.90. The molecule has 0 atom stereocenters. The molecule has 0 saturated carbocycles. The van der Waals surface area contributed by atoms with Crippen LogP contribution in [0.15, 0.2) is 42.5 Å². The lowest BCUT2D eigenvalue weighted by molar-refractivity contribution is 0.0968. The van der Waals surface area contributed by atoms with E-state index in [4.69, 9.17) is 11.6 Å². The summed E-state index contributed by atoms with van der Waals surface area (Å²) in [6.45, 7) is 0.260. The van der Waals surface area contributed by atoms with Gasteiger partial charge in [0, 0.05) is 10.6 Å². The summed E-state index contributed by atoms with van der Waals surface area (Å²) in [5.41, 5.74) is 1.04. The molecule has 4 rings (SSSR count). The van der Waals surface area contributed by atoms with E-state index in [2.05, 4.69) is 10.3 Å².